The van der Waals surface area contributed by atoms with Crippen LogP contribution in [-0.2, 0) is 10.0 Å². The van der Waals surface area contributed by atoms with Crippen molar-refractivity contribution >= 4 is 10.0 Å². The third kappa shape index (κ3) is 4.14. The summed E-state index contributed by atoms with van der Waals surface area (Å²) >= 11 is 0. The van der Waals surface area contributed by atoms with Crippen molar-refractivity contribution in [2.45, 2.75) is 48.8 Å². The number of hydrogen-bond donors (Lipinski definition) is 0. The van der Waals surface area contributed by atoms with Gasteiger partial charge in [0.2, 0.25) is 21.8 Å². The van der Waals surface area contributed by atoms with Crippen LogP contribution in [-0.4, -0.2) is 42.4 Å². The summed E-state index contributed by atoms with van der Waals surface area (Å²) < 4.78 is 73.0. The molecule has 1 aliphatic carbocycles. The van der Waals surface area contributed by atoms with Gasteiger partial charge in [-0.3, -0.25) is 0 Å². The summed E-state index contributed by atoms with van der Waals surface area (Å²) in [7, 11) is -3.80. The second-order valence-electron chi connectivity index (χ2n) is 6.95. The Kier molecular flexibility index (Phi) is 4.82. The molecule has 2 aromatic rings. The fraction of sp³-hybridized carbons (Fsp3) is 0.529. The van der Waals surface area contributed by atoms with Gasteiger partial charge in [0.05, 0.1) is 4.90 Å². The normalized spacial score (nSPS) is 19.7. The highest BCUT2D eigenvalue weighted by molar-refractivity contribution is 7.89. The number of nitrogens with zero attached hydrogens (tertiary/aromatic N) is 3. The van der Waals surface area contributed by atoms with E-state index < -0.39 is 22.1 Å². The van der Waals surface area contributed by atoms with Crippen LogP contribution in [0.3, 0.4) is 0 Å². The van der Waals surface area contributed by atoms with Gasteiger partial charge >= 0.3 is 6.36 Å². The van der Waals surface area contributed by atoms with Crippen molar-refractivity contribution in [1.29, 1.82) is 0 Å². The van der Waals surface area contributed by atoms with Crippen molar-refractivity contribution < 1.29 is 30.7 Å². The summed E-state index contributed by atoms with van der Waals surface area (Å²) in [6, 6.07) is 4.21. The summed E-state index contributed by atoms with van der Waals surface area (Å²) in [6.45, 7) is 0.546. The monoisotopic (exact) mass is 417 g/mol. The van der Waals surface area contributed by atoms with Crippen molar-refractivity contribution in [3.05, 3.63) is 36.0 Å². The number of aromatic nitrogens is 2. The maximum Gasteiger partial charge on any atom is 0.573 e. The first-order chi connectivity index (χ1) is 13.2. The molecule has 1 aromatic heterocycles. The molecule has 0 spiro atoms. The highest BCUT2D eigenvalue weighted by Gasteiger charge is 2.35. The summed E-state index contributed by atoms with van der Waals surface area (Å²) in [5.74, 6) is 1.12. The molecule has 2 fully saturated rings. The maximum atomic E-state index is 12.7. The van der Waals surface area contributed by atoms with E-state index in [4.69, 9.17) is 4.42 Å². The number of hydrogen-bond acceptors (Lipinski definition) is 6. The first kappa shape index (κ1) is 19.2. The van der Waals surface area contributed by atoms with Gasteiger partial charge in [0, 0.05) is 24.9 Å². The lowest BCUT2D eigenvalue weighted by Gasteiger charge is -2.29. The lowest BCUT2D eigenvalue weighted by Crippen LogP contribution is -2.37. The van der Waals surface area contributed by atoms with Crippen LogP contribution in [0.4, 0.5) is 13.2 Å². The van der Waals surface area contributed by atoms with E-state index >= 15 is 0 Å². The molecule has 1 saturated carbocycles. The van der Waals surface area contributed by atoms with E-state index in [0.717, 1.165) is 37.1 Å². The number of halogens is 3. The highest BCUT2D eigenvalue weighted by Crippen LogP contribution is 2.40. The number of sulfonamides is 1. The fourth-order valence-corrected chi connectivity index (χ4v) is 4.68. The molecule has 11 heteroatoms. The predicted octanol–water partition coefficient (Wildman–Crippen LogP) is 3.41. The van der Waals surface area contributed by atoms with Crippen molar-refractivity contribution in [2.75, 3.05) is 13.1 Å². The number of rotatable bonds is 5. The van der Waals surface area contributed by atoms with E-state index in [1.54, 1.807) is 0 Å². The van der Waals surface area contributed by atoms with E-state index in [0.29, 0.717) is 30.5 Å². The summed E-state index contributed by atoms with van der Waals surface area (Å²) in [5, 5.41) is 8.16. The first-order valence-electron chi connectivity index (χ1n) is 8.91. The Labute approximate surface area is 159 Å². The third-order valence-electron chi connectivity index (χ3n) is 4.88. The van der Waals surface area contributed by atoms with Crippen molar-refractivity contribution in [3.8, 4) is 5.75 Å². The van der Waals surface area contributed by atoms with Gasteiger partial charge in [-0.2, -0.15) is 4.31 Å². The second-order valence-corrected chi connectivity index (χ2v) is 8.89. The van der Waals surface area contributed by atoms with Gasteiger partial charge in [0.15, 0.2) is 0 Å². The van der Waals surface area contributed by atoms with Crippen LogP contribution >= 0.6 is 0 Å². The average Bonchev–Trinajstić information content (AvgIpc) is 3.38. The summed E-state index contributed by atoms with van der Waals surface area (Å²) in [4.78, 5) is -0.0747. The van der Waals surface area contributed by atoms with E-state index in [1.807, 2.05) is 0 Å². The number of alkyl halides is 3. The maximum absolute atomic E-state index is 12.7. The molecule has 1 aromatic carbocycles. The Morgan fingerprint density at radius 3 is 2.00 bits per heavy atom. The molecule has 0 N–H and O–H groups in total. The number of benzene rings is 1. The van der Waals surface area contributed by atoms with Crippen LogP contribution in [0, 0.1) is 0 Å². The smallest absolute Gasteiger partial charge is 0.425 e. The Morgan fingerprint density at radius 1 is 0.964 bits per heavy atom. The van der Waals surface area contributed by atoms with E-state index in [-0.39, 0.29) is 23.9 Å². The van der Waals surface area contributed by atoms with Crippen LogP contribution in [0.15, 0.2) is 33.6 Å². The van der Waals surface area contributed by atoms with Gasteiger partial charge < -0.3 is 9.15 Å². The van der Waals surface area contributed by atoms with Crippen LogP contribution in [0.2, 0.25) is 0 Å². The molecule has 0 unspecified atom stereocenters. The third-order valence-corrected chi connectivity index (χ3v) is 6.79. The van der Waals surface area contributed by atoms with Gasteiger partial charge in [-0.1, -0.05) is 0 Å². The van der Waals surface area contributed by atoms with Crippen LogP contribution in [0.1, 0.15) is 49.3 Å². The minimum absolute atomic E-state index is 0.00834. The fourth-order valence-electron chi connectivity index (χ4n) is 3.21. The number of piperidine rings is 1. The number of ether oxygens (including phenoxy) is 1. The molecule has 7 nitrogen and oxygen atoms in total. The molecule has 0 atom stereocenters. The Morgan fingerprint density at radius 2 is 1.50 bits per heavy atom. The molecule has 0 bridgehead atoms. The quantitative estimate of drug-likeness (QED) is 0.741. The summed E-state index contributed by atoms with van der Waals surface area (Å²) in [5.41, 5.74) is 0. The zero-order valence-electron chi connectivity index (χ0n) is 14.7. The van der Waals surface area contributed by atoms with Gasteiger partial charge in [0.1, 0.15) is 5.75 Å². The largest absolute Gasteiger partial charge is 0.573 e. The van der Waals surface area contributed by atoms with Crippen LogP contribution in [0.25, 0.3) is 0 Å². The molecule has 4 rings (SSSR count). The van der Waals surface area contributed by atoms with Gasteiger partial charge in [-0.05, 0) is 49.9 Å². The molecule has 2 heterocycles. The van der Waals surface area contributed by atoms with E-state index in [1.165, 1.54) is 4.31 Å². The van der Waals surface area contributed by atoms with Gasteiger partial charge in [0.25, 0.3) is 0 Å². The van der Waals surface area contributed by atoms with E-state index in [2.05, 4.69) is 14.9 Å². The Bertz CT molecular complexity index is 931. The SMILES string of the molecule is O=S(=O)(c1ccc(OC(F)(F)F)cc1)N1CCC(c2nnc(C3CC3)o2)CC1. The molecule has 1 aliphatic heterocycles. The van der Waals surface area contributed by atoms with Crippen molar-refractivity contribution in [3.63, 3.8) is 0 Å². The van der Waals surface area contributed by atoms with Gasteiger partial charge in [-0.25, -0.2) is 8.42 Å². The lowest BCUT2D eigenvalue weighted by molar-refractivity contribution is -0.274. The van der Waals surface area contributed by atoms with Crippen molar-refractivity contribution in [2.24, 2.45) is 0 Å². The van der Waals surface area contributed by atoms with E-state index in [9.17, 15) is 21.6 Å². The minimum atomic E-state index is -4.82. The lowest BCUT2D eigenvalue weighted by atomic mass is 9.98. The zero-order chi connectivity index (χ0) is 19.9. The Hall–Kier alpha value is -2.14. The van der Waals surface area contributed by atoms with Crippen LogP contribution < -0.4 is 4.74 Å². The second kappa shape index (κ2) is 7.03. The van der Waals surface area contributed by atoms with Crippen LogP contribution in [0.5, 0.6) is 5.75 Å². The highest BCUT2D eigenvalue weighted by atomic mass is 32.2. The van der Waals surface area contributed by atoms with Crippen molar-refractivity contribution in [1.82, 2.24) is 14.5 Å². The molecule has 2 aliphatic rings. The Balaban J connectivity index is 1.40. The molecular weight excluding hydrogens is 399 g/mol. The van der Waals surface area contributed by atoms with Gasteiger partial charge in [-0.15, -0.1) is 23.4 Å². The summed E-state index contributed by atoms with van der Waals surface area (Å²) in [6.07, 6.45) is -1.62. The first-order valence-corrected chi connectivity index (χ1v) is 10.4. The molecule has 28 heavy (non-hydrogen) atoms. The molecule has 0 radical (unpaired) electrons. The molecule has 152 valence electrons. The molecule has 1 saturated heterocycles. The average molecular weight is 417 g/mol. The molecular formula is C17H18F3N3O4S. The standard InChI is InChI=1S/C17H18F3N3O4S/c18-17(19,20)27-13-3-5-14(6-4-13)28(24,25)23-9-7-12(8-10-23)16-22-21-15(26-16)11-1-2-11/h3-6,11-12H,1-2,7-10H2. The minimum Gasteiger partial charge on any atom is -0.425 e. The zero-order valence-corrected chi connectivity index (χ0v) is 15.5. The molecule has 0 amide bonds. The predicted molar refractivity (Wildman–Crippen MR) is 90.1 cm³/mol. The topological polar surface area (TPSA) is 85.5 Å².